The van der Waals surface area contributed by atoms with Crippen LogP contribution in [0.1, 0.15) is 68.4 Å². The summed E-state index contributed by atoms with van der Waals surface area (Å²) in [6.45, 7) is 5.87. The predicted octanol–water partition coefficient (Wildman–Crippen LogP) is 4.35. The lowest BCUT2D eigenvalue weighted by Crippen LogP contribution is -2.53. The summed E-state index contributed by atoms with van der Waals surface area (Å²) >= 11 is 0. The number of pyridine rings is 1. The maximum atomic E-state index is 13.7. The number of carbonyl (C=O) groups excluding carboxylic acids is 2. The molecule has 0 spiro atoms. The van der Waals surface area contributed by atoms with Gasteiger partial charge in [0.15, 0.2) is 5.82 Å². The van der Waals surface area contributed by atoms with Crippen molar-refractivity contribution in [3.05, 3.63) is 41.6 Å². The molecule has 244 valence electrons. The Morgan fingerprint density at radius 2 is 1.89 bits per heavy atom. The molecular weight excluding hydrogens is 582 g/mol. The monoisotopic (exact) mass is 627 g/mol. The number of amides is 2. The van der Waals surface area contributed by atoms with Crippen LogP contribution >= 0.6 is 0 Å². The first-order chi connectivity index (χ1) is 22.1. The van der Waals surface area contributed by atoms with Gasteiger partial charge in [-0.2, -0.15) is 0 Å². The van der Waals surface area contributed by atoms with Gasteiger partial charge in [-0.3, -0.25) is 9.59 Å². The van der Waals surface area contributed by atoms with Gasteiger partial charge in [0, 0.05) is 56.7 Å². The first kappa shape index (κ1) is 30.7. The van der Waals surface area contributed by atoms with Crippen LogP contribution in [0.25, 0.3) is 33.6 Å². The second-order valence-corrected chi connectivity index (χ2v) is 13.9. The van der Waals surface area contributed by atoms with E-state index in [2.05, 4.69) is 22.0 Å². The average molecular weight is 628 g/mol. The number of imidazole rings is 1. The molecule has 1 aromatic carbocycles. The minimum Gasteiger partial charge on any atom is -0.494 e. The summed E-state index contributed by atoms with van der Waals surface area (Å²) in [5.41, 5.74) is 10.4. The minimum absolute atomic E-state index is 0.0519. The number of carbonyl (C=O) groups is 2. The largest absolute Gasteiger partial charge is 0.494 e. The van der Waals surface area contributed by atoms with E-state index in [4.69, 9.17) is 25.2 Å². The topological polar surface area (TPSA) is 130 Å². The molecular formula is C35H45N7O4. The maximum Gasteiger partial charge on any atom is 0.254 e. The highest BCUT2D eigenvalue weighted by Gasteiger charge is 2.44. The Bertz CT molecular complexity index is 1820. The molecule has 11 heteroatoms. The number of aryl methyl sites for hydroxylation is 2. The Hall–Kier alpha value is -3.96. The summed E-state index contributed by atoms with van der Waals surface area (Å²) in [7, 11) is 5.27. The van der Waals surface area contributed by atoms with E-state index in [0.717, 1.165) is 72.4 Å². The maximum absolute atomic E-state index is 13.7. The Labute approximate surface area is 269 Å². The average Bonchev–Trinajstić information content (AvgIpc) is 3.63. The van der Waals surface area contributed by atoms with Gasteiger partial charge in [0.2, 0.25) is 5.91 Å². The molecule has 2 aliphatic heterocycles. The first-order valence-electron chi connectivity index (χ1n) is 16.5. The van der Waals surface area contributed by atoms with Crippen LogP contribution in [0, 0.1) is 11.8 Å². The smallest absolute Gasteiger partial charge is 0.254 e. The molecule has 2 bridgehead atoms. The number of piperidine rings is 1. The molecule has 4 aromatic rings. The highest BCUT2D eigenvalue weighted by atomic mass is 16.5. The summed E-state index contributed by atoms with van der Waals surface area (Å²) in [5.74, 6) is 2.03. The van der Waals surface area contributed by atoms with Crippen LogP contribution in [0.5, 0.6) is 5.75 Å². The highest BCUT2D eigenvalue weighted by Crippen LogP contribution is 2.43. The quantitative estimate of drug-likeness (QED) is 0.344. The number of fused-ring (bicyclic) bond motifs is 3. The van der Waals surface area contributed by atoms with Crippen LogP contribution in [-0.4, -0.2) is 75.3 Å². The van der Waals surface area contributed by atoms with Crippen LogP contribution in [0.4, 0.5) is 0 Å². The second-order valence-electron chi connectivity index (χ2n) is 13.9. The van der Waals surface area contributed by atoms with E-state index in [0.29, 0.717) is 42.3 Å². The number of rotatable bonds is 4. The number of nitrogens with zero attached hydrogens (tertiary/aromatic N) is 5. The number of hydrogen-bond acceptors (Lipinski definition) is 7. The zero-order chi connectivity index (χ0) is 32.3. The van der Waals surface area contributed by atoms with Crippen LogP contribution in [0.15, 0.2) is 30.3 Å². The molecule has 0 unspecified atom stereocenters. The molecule has 2 amide bonds. The Morgan fingerprint density at radius 1 is 1.07 bits per heavy atom. The number of nitrogens with two attached hydrogens (primary N) is 1. The van der Waals surface area contributed by atoms with E-state index < -0.39 is 5.54 Å². The fourth-order valence-corrected chi connectivity index (χ4v) is 7.53. The van der Waals surface area contributed by atoms with E-state index in [1.165, 1.54) is 0 Å². The van der Waals surface area contributed by atoms with Crippen LogP contribution in [0.2, 0.25) is 0 Å². The van der Waals surface area contributed by atoms with Gasteiger partial charge in [0.25, 0.3) is 5.91 Å². The number of ether oxygens (including phenoxy) is 2. The summed E-state index contributed by atoms with van der Waals surface area (Å²) in [6.07, 6.45) is 5.93. The molecule has 1 saturated carbocycles. The molecule has 4 atom stereocenters. The molecule has 0 radical (unpaired) electrons. The summed E-state index contributed by atoms with van der Waals surface area (Å²) < 4.78 is 15.6. The van der Waals surface area contributed by atoms with Crippen molar-refractivity contribution in [3.8, 4) is 17.3 Å². The molecule has 3 aliphatic rings. The molecule has 46 heavy (non-hydrogen) atoms. The van der Waals surface area contributed by atoms with Crippen molar-refractivity contribution in [1.82, 2.24) is 29.3 Å². The van der Waals surface area contributed by atoms with E-state index in [1.54, 1.807) is 25.2 Å². The Balaban J connectivity index is 1.29. The van der Waals surface area contributed by atoms with Gasteiger partial charge in [0.1, 0.15) is 16.9 Å². The van der Waals surface area contributed by atoms with Crippen LogP contribution < -0.4 is 15.8 Å². The minimum atomic E-state index is -0.602. The molecule has 7 rings (SSSR count). The second kappa shape index (κ2) is 11.7. The van der Waals surface area contributed by atoms with Crippen molar-refractivity contribution >= 4 is 33.9 Å². The number of hydrogen-bond donors (Lipinski definition) is 2. The van der Waals surface area contributed by atoms with Gasteiger partial charge in [-0.15, -0.1) is 0 Å². The SMILES string of the molecule is COc1cc(C(=O)N2CC[C@@H](OC)[C@@H](N)C2)cc2nc(-c3cc4ccc5nc4n3CCCCC[C@@H]3C[C@H]3C(=O)NC5(C)C)n(C)c12. The zero-order valence-electron chi connectivity index (χ0n) is 27.5. The van der Waals surface area contributed by atoms with Gasteiger partial charge in [0.05, 0.1) is 35.7 Å². The number of benzene rings is 1. The normalized spacial score (nSPS) is 24.9. The predicted molar refractivity (Wildman–Crippen MR) is 177 cm³/mol. The Morgan fingerprint density at radius 3 is 2.65 bits per heavy atom. The Kier molecular flexibility index (Phi) is 7.79. The van der Waals surface area contributed by atoms with Gasteiger partial charge in [-0.25, -0.2) is 9.97 Å². The van der Waals surface area contributed by atoms with Gasteiger partial charge in [-0.1, -0.05) is 12.8 Å². The third-order valence-electron chi connectivity index (χ3n) is 10.3. The first-order valence-corrected chi connectivity index (χ1v) is 16.5. The molecule has 1 saturated heterocycles. The summed E-state index contributed by atoms with van der Waals surface area (Å²) in [5, 5.41) is 4.30. The number of likely N-dealkylation sites (tertiary alicyclic amines) is 1. The zero-order valence-corrected chi connectivity index (χ0v) is 27.5. The highest BCUT2D eigenvalue weighted by molar-refractivity contribution is 6.00. The van der Waals surface area contributed by atoms with E-state index in [9.17, 15) is 9.59 Å². The third-order valence-corrected chi connectivity index (χ3v) is 10.3. The van der Waals surface area contributed by atoms with Crippen molar-refractivity contribution in [3.63, 3.8) is 0 Å². The molecule has 1 aliphatic carbocycles. The lowest BCUT2D eigenvalue weighted by atomic mass is 9.98. The standard InChI is InChI=1S/C35H45N7O4/c1-35(2)29-11-10-21-17-26(42(31(21)38-29)13-8-6-7-9-20-15-23(20)33(43)39-35)32-37-25-16-22(18-28(46-5)30(25)40(32)3)34(44)41-14-12-27(45-4)24(36)19-41/h10-11,16-18,20,23-24,27H,6-9,12-15,19,36H2,1-5H3,(H,39,43)/t20-,23-,24+,27-/m1/s1. The fraction of sp³-hybridized carbons (Fsp3) is 0.543. The fourth-order valence-electron chi connectivity index (χ4n) is 7.53. The summed E-state index contributed by atoms with van der Waals surface area (Å²) in [4.78, 5) is 38.8. The van der Waals surface area contributed by atoms with Crippen molar-refractivity contribution in [1.29, 1.82) is 0 Å². The third kappa shape index (κ3) is 5.33. The molecule has 3 N–H and O–H groups in total. The van der Waals surface area contributed by atoms with E-state index in [1.807, 2.05) is 37.6 Å². The van der Waals surface area contributed by atoms with Crippen molar-refractivity contribution < 1.29 is 19.1 Å². The van der Waals surface area contributed by atoms with Crippen molar-refractivity contribution in [2.45, 2.75) is 76.6 Å². The van der Waals surface area contributed by atoms with Crippen LogP contribution in [-0.2, 0) is 28.7 Å². The number of nitrogens with one attached hydrogen (secondary N) is 1. The van der Waals surface area contributed by atoms with Gasteiger partial charge in [-0.05, 0) is 75.8 Å². The summed E-state index contributed by atoms with van der Waals surface area (Å²) in [6, 6.07) is 9.68. The molecule has 11 nitrogen and oxygen atoms in total. The lowest BCUT2D eigenvalue weighted by Gasteiger charge is -2.36. The van der Waals surface area contributed by atoms with Crippen molar-refractivity contribution in [2.75, 3.05) is 27.3 Å². The molecule has 2 fully saturated rings. The van der Waals surface area contributed by atoms with E-state index in [-0.39, 0.29) is 29.9 Å². The van der Waals surface area contributed by atoms with Gasteiger partial charge >= 0.3 is 0 Å². The molecule has 5 heterocycles. The van der Waals surface area contributed by atoms with Crippen molar-refractivity contribution in [2.24, 2.45) is 24.6 Å². The van der Waals surface area contributed by atoms with E-state index >= 15 is 0 Å². The number of aromatic nitrogens is 4. The molecule has 3 aromatic heterocycles. The number of methoxy groups -OCH3 is 2. The lowest BCUT2D eigenvalue weighted by molar-refractivity contribution is -0.124. The van der Waals surface area contributed by atoms with Crippen LogP contribution in [0.3, 0.4) is 0 Å². The van der Waals surface area contributed by atoms with Gasteiger partial charge < -0.3 is 34.6 Å².